The Morgan fingerprint density at radius 2 is 1.91 bits per heavy atom. The minimum absolute atomic E-state index is 0.536. The Balaban J connectivity index is 2.61. The average Bonchev–Trinajstić information content (AvgIpc) is 2.07. The Bertz CT molecular complexity index is 193. The van der Waals surface area contributed by atoms with Gasteiger partial charge in [-0.1, -0.05) is 59.6 Å². The van der Waals surface area contributed by atoms with Crippen molar-refractivity contribution in [2.24, 2.45) is 0 Å². The number of hydrogen-bond donors (Lipinski definition) is 0. The molecule has 1 atom stereocenters. The van der Waals surface area contributed by atoms with Crippen LogP contribution in [-0.2, 0) is 0 Å². The fourth-order valence-electron chi connectivity index (χ4n) is 1.08. The molecule has 0 spiro atoms. The lowest BCUT2D eigenvalue weighted by molar-refractivity contribution is 0.788. The fourth-order valence-corrected chi connectivity index (χ4v) is 1.85. The molecule has 11 heavy (non-hydrogen) atoms. The molecule has 0 aliphatic heterocycles. The van der Waals surface area contributed by atoms with Gasteiger partial charge in [-0.25, -0.2) is 0 Å². The van der Waals surface area contributed by atoms with Crippen molar-refractivity contribution in [3.63, 3.8) is 0 Å². The molecular formula is C10H13Br. The molecule has 0 saturated carbocycles. The molecule has 0 nitrogen and oxygen atoms in total. The maximum Gasteiger partial charge on any atom is 0.0395 e. The summed E-state index contributed by atoms with van der Waals surface area (Å²) in [6, 6.07) is 10.5. The van der Waals surface area contributed by atoms with Gasteiger partial charge in [-0.05, 0) is 12.0 Å². The maximum atomic E-state index is 3.65. The third-order valence-electron chi connectivity index (χ3n) is 1.70. The fraction of sp³-hybridized carbons (Fsp3) is 0.400. The Kier molecular flexibility index (Phi) is 3.64. The van der Waals surface area contributed by atoms with E-state index in [9.17, 15) is 0 Å². The summed E-state index contributed by atoms with van der Waals surface area (Å²) in [6.45, 7) is 2.21. The van der Waals surface area contributed by atoms with Gasteiger partial charge in [-0.2, -0.15) is 0 Å². The largest absolute Gasteiger partial charge is 0.0839 e. The van der Waals surface area contributed by atoms with Gasteiger partial charge in [-0.15, -0.1) is 0 Å². The predicted octanol–water partition coefficient (Wildman–Crippen LogP) is 3.92. The predicted molar refractivity (Wildman–Crippen MR) is 53.0 cm³/mol. The van der Waals surface area contributed by atoms with Crippen LogP contribution in [0.3, 0.4) is 0 Å². The van der Waals surface area contributed by atoms with Crippen molar-refractivity contribution in [1.29, 1.82) is 0 Å². The molecule has 0 amide bonds. The van der Waals surface area contributed by atoms with Crippen LogP contribution in [0.15, 0.2) is 30.3 Å². The molecule has 0 radical (unpaired) electrons. The lowest BCUT2D eigenvalue weighted by Crippen LogP contribution is -1.87. The first kappa shape index (κ1) is 8.79. The molecule has 0 aliphatic carbocycles. The second-order valence-corrected chi connectivity index (χ2v) is 3.77. The Morgan fingerprint density at radius 3 is 2.45 bits per heavy atom. The molecule has 0 bridgehead atoms. The van der Waals surface area contributed by atoms with Crippen LogP contribution in [0.25, 0.3) is 0 Å². The zero-order valence-corrected chi connectivity index (χ0v) is 8.34. The number of hydrogen-bond acceptors (Lipinski definition) is 0. The molecule has 1 heteroatoms. The summed E-state index contributed by atoms with van der Waals surface area (Å²) in [6.07, 6.45) is 2.44. The van der Waals surface area contributed by atoms with Gasteiger partial charge in [0.05, 0.1) is 0 Å². The van der Waals surface area contributed by atoms with E-state index in [1.165, 1.54) is 18.4 Å². The van der Waals surface area contributed by atoms with Gasteiger partial charge in [-0.3, -0.25) is 0 Å². The van der Waals surface area contributed by atoms with Crippen LogP contribution in [0.2, 0.25) is 0 Å². The monoisotopic (exact) mass is 212 g/mol. The number of alkyl halides is 1. The zero-order chi connectivity index (χ0) is 8.10. The van der Waals surface area contributed by atoms with Crippen molar-refractivity contribution in [3.05, 3.63) is 35.9 Å². The van der Waals surface area contributed by atoms with Crippen LogP contribution in [0.1, 0.15) is 30.2 Å². The summed E-state index contributed by atoms with van der Waals surface area (Å²) in [5.41, 5.74) is 1.38. The molecule has 0 heterocycles. The van der Waals surface area contributed by atoms with Gasteiger partial charge in [0.1, 0.15) is 0 Å². The van der Waals surface area contributed by atoms with Crippen molar-refractivity contribution in [2.45, 2.75) is 24.6 Å². The normalized spacial score (nSPS) is 12.9. The topological polar surface area (TPSA) is 0 Å². The SMILES string of the molecule is CCC[C@@H](Br)c1ccccc1. The first-order chi connectivity index (χ1) is 5.34. The zero-order valence-electron chi connectivity index (χ0n) is 6.76. The molecule has 0 unspecified atom stereocenters. The standard InChI is InChI=1S/C10H13Br/c1-2-6-10(11)9-7-4-3-5-8-9/h3-5,7-8,10H,2,6H2,1H3/t10-/m1/s1. The van der Waals surface area contributed by atoms with Crippen LogP contribution in [0.5, 0.6) is 0 Å². The van der Waals surface area contributed by atoms with E-state index >= 15 is 0 Å². The summed E-state index contributed by atoms with van der Waals surface area (Å²) >= 11 is 3.65. The van der Waals surface area contributed by atoms with Crippen LogP contribution >= 0.6 is 15.9 Å². The van der Waals surface area contributed by atoms with E-state index in [0.29, 0.717) is 4.83 Å². The molecule has 1 rings (SSSR count). The Morgan fingerprint density at radius 1 is 1.27 bits per heavy atom. The minimum atomic E-state index is 0.536. The summed E-state index contributed by atoms with van der Waals surface area (Å²) in [7, 11) is 0. The third kappa shape index (κ3) is 2.66. The lowest BCUT2D eigenvalue weighted by Gasteiger charge is -2.07. The van der Waals surface area contributed by atoms with E-state index in [2.05, 4.69) is 53.2 Å². The highest BCUT2D eigenvalue weighted by Gasteiger charge is 2.03. The highest BCUT2D eigenvalue weighted by atomic mass is 79.9. The summed E-state index contributed by atoms with van der Waals surface area (Å²) in [4.78, 5) is 0.536. The van der Waals surface area contributed by atoms with Crippen molar-refractivity contribution in [2.75, 3.05) is 0 Å². The second-order valence-electron chi connectivity index (χ2n) is 2.67. The highest BCUT2D eigenvalue weighted by molar-refractivity contribution is 9.09. The van der Waals surface area contributed by atoms with E-state index < -0.39 is 0 Å². The lowest BCUT2D eigenvalue weighted by atomic mass is 10.1. The second kappa shape index (κ2) is 4.55. The van der Waals surface area contributed by atoms with Crippen molar-refractivity contribution in [3.8, 4) is 0 Å². The number of halogens is 1. The third-order valence-corrected chi connectivity index (χ3v) is 2.69. The van der Waals surface area contributed by atoms with Crippen LogP contribution in [-0.4, -0.2) is 0 Å². The molecule has 0 N–H and O–H groups in total. The van der Waals surface area contributed by atoms with Crippen molar-refractivity contribution < 1.29 is 0 Å². The van der Waals surface area contributed by atoms with Crippen LogP contribution in [0.4, 0.5) is 0 Å². The Hall–Kier alpha value is -0.300. The molecular weight excluding hydrogens is 200 g/mol. The van der Waals surface area contributed by atoms with Gasteiger partial charge in [0, 0.05) is 4.83 Å². The van der Waals surface area contributed by atoms with Crippen molar-refractivity contribution in [1.82, 2.24) is 0 Å². The number of rotatable bonds is 3. The molecule has 1 aromatic rings. The van der Waals surface area contributed by atoms with Gasteiger partial charge in [0.15, 0.2) is 0 Å². The molecule has 0 aliphatic rings. The molecule has 60 valence electrons. The van der Waals surface area contributed by atoms with E-state index in [-0.39, 0.29) is 0 Å². The van der Waals surface area contributed by atoms with Crippen molar-refractivity contribution >= 4 is 15.9 Å². The van der Waals surface area contributed by atoms with E-state index in [1.807, 2.05) is 0 Å². The van der Waals surface area contributed by atoms with E-state index in [0.717, 1.165) is 0 Å². The van der Waals surface area contributed by atoms with E-state index in [1.54, 1.807) is 0 Å². The smallest absolute Gasteiger partial charge is 0.0395 e. The maximum absolute atomic E-state index is 3.65. The van der Waals surface area contributed by atoms with Gasteiger partial charge in [0.25, 0.3) is 0 Å². The molecule has 1 aromatic carbocycles. The number of benzene rings is 1. The van der Waals surface area contributed by atoms with Gasteiger partial charge < -0.3 is 0 Å². The van der Waals surface area contributed by atoms with Gasteiger partial charge in [0.2, 0.25) is 0 Å². The molecule has 0 saturated heterocycles. The highest BCUT2D eigenvalue weighted by Crippen LogP contribution is 2.26. The Labute approximate surface area is 76.8 Å². The molecule has 0 aromatic heterocycles. The molecule has 0 fully saturated rings. The van der Waals surface area contributed by atoms with Gasteiger partial charge >= 0.3 is 0 Å². The quantitative estimate of drug-likeness (QED) is 0.667. The summed E-state index contributed by atoms with van der Waals surface area (Å²) in [5, 5.41) is 0. The minimum Gasteiger partial charge on any atom is -0.0839 e. The average molecular weight is 213 g/mol. The first-order valence-electron chi connectivity index (χ1n) is 4.03. The van der Waals surface area contributed by atoms with Crippen LogP contribution < -0.4 is 0 Å². The first-order valence-corrected chi connectivity index (χ1v) is 4.95. The van der Waals surface area contributed by atoms with Crippen LogP contribution in [0, 0.1) is 0 Å². The summed E-state index contributed by atoms with van der Waals surface area (Å²) in [5.74, 6) is 0. The summed E-state index contributed by atoms with van der Waals surface area (Å²) < 4.78 is 0. The van der Waals surface area contributed by atoms with E-state index in [4.69, 9.17) is 0 Å².